The van der Waals surface area contributed by atoms with Gasteiger partial charge in [-0.25, -0.2) is 0 Å². The molecule has 18 heavy (non-hydrogen) atoms. The molecule has 4 heteroatoms. The molecule has 1 saturated carbocycles. The molecular weight excluding hydrogens is 250 g/mol. The second-order valence-electron chi connectivity index (χ2n) is 6.45. The number of ether oxygens (including phenoxy) is 1. The largest absolute Gasteiger partial charge is 0.381 e. The van der Waals surface area contributed by atoms with E-state index in [0.29, 0.717) is 19.1 Å². The molecule has 1 N–H and O–H groups in total. The highest BCUT2D eigenvalue weighted by Gasteiger charge is 2.42. The highest BCUT2D eigenvalue weighted by molar-refractivity contribution is 6.18. The number of carbonyl (C=O) groups is 1. The van der Waals surface area contributed by atoms with Crippen LogP contribution in [-0.2, 0) is 9.53 Å². The smallest absolute Gasteiger partial charge is 0.224 e. The summed E-state index contributed by atoms with van der Waals surface area (Å²) in [6, 6.07) is 0. The Morgan fingerprint density at radius 3 is 2.50 bits per heavy atom. The molecular formula is C14H24ClNO2. The van der Waals surface area contributed by atoms with Gasteiger partial charge in [0.25, 0.3) is 0 Å². The first-order chi connectivity index (χ1) is 8.49. The minimum Gasteiger partial charge on any atom is -0.381 e. The first-order valence-electron chi connectivity index (χ1n) is 6.95. The molecule has 1 amide bonds. The van der Waals surface area contributed by atoms with Crippen LogP contribution in [0, 0.1) is 11.3 Å². The fourth-order valence-electron chi connectivity index (χ4n) is 3.22. The standard InChI is InChI=1S/C14H24ClNO2/c1-13(2)5-3-4-11(13)12(17)16-14(10-15)6-8-18-9-7-14/h11H,3-10H2,1-2H3,(H,16,17). The van der Waals surface area contributed by atoms with E-state index in [0.717, 1.165) is 32.1 Å². The van der Waals surface area contributed by atoms with E-state index in [4.69, 9.17) is 16.3 Å². The van der Waals surface area contributed by atoms with Crippen molar-refractivity contribution in [2.24, 2.45) is 11.3 Å². The van der Waals surface area contributed by atoms with Crippen LogP contribution >= 0.6 is 11.6 Å². The molecule has 2 rings (SSSR count). The Morgan fingerprint density at radius 1 is 1.33 bits per heavy atom. The van der Waals surface area contributed by atoms with E-state index in [1.165, 1.54) is 0 Å². The summed E-state index contributed by atoms with van der Waals surface area (Å²) in [5.41, 5.74) is -0.113. The van der Waals surface area contributed by atoms with E-state index in [2.05, 4.69) is 19.2 Å². The highest BCUT2D eigenvalue weighted by Crippen LogP contribution is 2.43. The van der Waals surface area contributed by atoms with Gasteiger partial charge in [0.15, 0.2) is 0 Å². The van der Waals surface area contributed by atoms with Gasteiger partial charge in [0.05, 0.1) is 5.54 Å². The second kappa shape index (κ2) is 5.38. The molecule has 1 saturated heterocycles. The number of rotatable bonds is 3. The molecule has 104 valence electrons. The Balaban J connectivity index is 2.01. The fourth-order valence-corrected chi connectivity index (χ4v) is 3.55. The van der Waals surface area contributed by atoms with Gasteiger partial charge in [0.2, 0.25) is 5.91 Å². The maximum atomic E-state index is 12.5. The second-order valence-corrected chi connectivity index (χ2v) is 6.72. The molecule has 1 heterocycles. The molecule has 2 aliphatic rings. The minimum absolute atomic E-state index is 0.128. The van der Waals surface area contributed by atoms with Crippen molar-refractivity contribution < 1.29 is 9.53 Å². The zero-order valence-corrected chi connectivity index (χ0v) is 12.2. The molecule has 0 spiro atoms. The van der Waals surface area contributed by atoms with Crippen molar-refractivity contribution in [2.75, 3.05) is 19.1 Å². The normalized spacial score (nSPS) is 30.1. The van der Waals surface area contributed by atoms with E-state index in [1.807, 2.05) is 0 Å². The van der Waals surface area contributed by atoms with Crippen molar-refractivity contribution in [2.45, 2.75) is 51.5 Å². The van der Waals surface area contributed by atoms with E-state index in [1.54, 1.807) is 0 Å². The van der Waals surface area contributed by atoms with Gasteiger partial charge in [-0.3, -0.25) is 4.79 Å². The van der Waals surface area contributed by atoms with Crippen LogP contribution in [0.3, 0.4) is 0 Å². The van der Waals surface area contributed by atoms with Crippen LogP contribution in [0.4, 0.5) is 0 Å². The third kappa shape index (κ3) is 2.83. The van der Waals surface area contributed by atoms with Crippen LogP contribution in [0.15, 0.2) is 0 Å². The maximum Gasteiger partial charge on any atom is 0.224 e. The van der Waals surface area contributed by atoms with Crippen molar-refractivity contribution in [1.82, 2.24) is 5.32 Å². The van der Waals surface area contributed by atoms with Crippen LogP contribution in [0.1, 0.15) is 46.0 Å². The first-order valence-corrected chi connectivity index (χ1v) is 7.48. The molecule has 0 bridgehead atoms. The summed E-state index contributed by atoms with van der Waals surface area (Å²) in [5, 5.41) is 3.23. The zero-order chi connectivity index (χ0) is 13.2. The lowest BCUT2D eigenvalue weighted by molar-refractivity contribution is -0.130. The average molecular weight is 274 g/mol. The number of amides is 1. The van der Waals surface area contributed by atoms with Crippen molar-refractivity contribution in [1.29, 1.82) is 0 Å². The van der Waals surface area contributed by atoms with Gasteiger partial charge < -0.3 is 10.1 Å². The molecule has 1 aliphatic carbocycles. The van der Waals surface area contributed by atoms with Crippen molar-refractivity contribution in [3.63, 3.8) is 0 Å². The summed E-state index contributed by atoms with van der Waals surface area (Å²) in [6.07, 6.45) is 4.96. The summed E-state index contributed by atoms with van der Waals surface area (Å²) in [4.78, 5) is 12.5. The summed E-state index contributed by atoms with van der Waals surface area (Å²) in [5.74, 6) is 0.815. The lowest BCUT2D eigenvalue weighted by atomic mass is 9.80. The quantitative estimate of drug-likeness (QED) is 0.803. The Hall–Kier alpha value is -0.280. The van der Waals surface area contributed by atoms with E-state index in [-0.39, 0.29) is 22.8 Å². The van der Waals surface area contributed by atoms with Gasteiger partial charge in [0.1, 0.15) is 0 Å². The van der Waals surface area contributed by atoms with E-state index in [9.17, 15) is 4.79 Å². The predicted molar refractivity (Wildman–Crippen MR) is 72.8 cm³/mol. The number of hydrogen-bond acceptors (Lipinski definition) is 2. The van der Waals surface area contributed by atoms with Gasteiger partial charge in [0, 0.05) is 25.0 Å². The third-order valence-electron chi connectivity index (χ3n) is 4.67. The predicted octanol–water partition coefficient (Wildman–Crippen LogP) is 2.72. The first kappa shape index (κ1) is 14.1. The van der Waals surface area contributed by atoms with Crippen LogP contribution in [0.5, 0.6) is 0 Å². The molecule has 0 aromatic carbocycles. The third-order valence-corrected chi connectivity index (χ3v) is 5.18. The van der Waals surface area contributed by atoms with Crippen molar-refractivity contribution >= 4 is 17.5 Å². The Morgan fingerprint density at radius 2 is 2.00 bits per heavy atom. The average Bonchev–Trinajstić information content (AvgIpc) is 2.70. The molecule has 0 aromatic rings. The van der Waals surface area contributed by atoms with Gasteiger partial charge >= 0.3 is 0 Å². The van der Waals surface area contributed by atoms with Crippen molar-refractivity contribution in [3.8, 4) is 0 Å². The highest BCUT2D eigenvalue weighted by atomic mass is 35.5. The summed E-state index contributed by atoms with van der Waals surface area (Å²) < 4.78 is 5.36. The van der Waals surface area contributed by atoms with Crippen LogP contribution in [0.2, 0.25) is 0 Å². The number of alkyl halides is 1. The van der Waals surface area contributed by atoms with Gasteiger partial charge in [-0.05, 0) is 31.1 Å². The lowest BCUT2D eigenvalue weighted by Gasteiger charge is -2.38. The Bertz CT molecular complexity index is 311. The zero-order valence-electron chi connectivity index (χ0n) is 11.4. The van der Waals surface area contributed by atoms with Gasteiger partial charge in [-0.1, -0.05) is 20.3 Å². The molecule has 2 fully saturated rings. The number of hydrogen-bond donors (Lipinski definition) is 1. The minimum atomic E-state index is -0.241. The van der Waals surface area contributed by atoms with Crippen LogP contribution in [0.25, 0.3) is 0 Å². The number of nitrogens with one attached hydrogen (secondary N) is 1. The maximum absolute atomic E-state index is 12.5. The molecule has 1 atom stereocenters. The van der Waals surface area contributed by atoms with E-state index < -0.39 is 0 Å². The number of halogens is 1. The van der Waals surface area contributed by atoms with Crippen LogP contribution in [-0.4, -0.2) is 30.5 Å². The molecule has 1 aliphatic heterocycles. The number of carbonyl (C=O) groups excluding carboxylic acids is 1. The summed E-state index contributed by atoms with van der Waals surface area (Å²) >= 11 is 6.09. The topological polar surface area (TPSA) is 38.3 Å². The fraction of sp³-hybridized carbons (Fsp3) is 0.929. The molecule has 0 aromatic heterocycles. The SMILES string of the molecule is CC1(C)CCCC1C(=O)NC1(CCl)CCOCC1. The van der Waals surface area contributed by atoms with E-state index >= 15 is 0 Å². The Kier molecular flexibility index (Phi) is 4.22. The molecule has 1 unspecified atom stereocenters. The van der Waals surface area contributed by atoms with Crippen molar-refractivity contribution in [3.05, 3.63) is 0 Å². The summed E-state index contributed by atoms with van der Waals surface area (Å²) in [7, 11) is 0. The lowest BCUT2D eigenvalue weighted by Crippen LogP contribution is -2.55. The van der Waals surface area contributed by atoms with Crippen LogP contribution < -0.4 is 5.32 Å². The summed E-state index contributed by atoms with van der Waals surface area (Å²) in [6.45, 7) is 5.78. The van der Waals surface area contributed by atoms with Gasteiger partial charge in [-0.15, -0.1) is 11.6 Å². The molecule has 0 radical (unpaired) electrons. The Labute approximate surface area is 115 Å². The molecule has 3 nitrogen and oxygen atoms in total. The van der Waals surface area contributed by atoms with Gasteiger partial charge in [-0.2, -0.15) is 0 Å². The monoisotopic (exact) mass is 273 g/mol.